The molecule has 2 atom stereocenters. The zero-order chi connectivity index (χ0) is 21.8. The summed E-state index contributed by atoms with van der Waals surface area (Å²) in [4.78, 5) is 39.0. The quantitative estimate of drug-likeness (QED) is 0.738. The number of aromatic nitrogens is 1. The number of benzene rings is 1. The molecule has 2 bridgehead atoms. The minimum absolute atomic E-state index is 0.0151. The molecule has 31 heavy (non-hydrogen) atoms. The van der Waals surface area contributed by atoms with E-state index in [0.29, 0.717) is 38.5 Å². The highest BCUT2D eigenvalue weighted by Crippen LogP contribution is 2.35. The van der Waals surface area contributed by atoms with Crippen molar-refractivity contribution in [1.82, 2.24) is 14.8 Å². The fraction of sp³-hybridized carbons (Fsp3) is 0.458. The maximum absolute atomic E-state index is 12.8. The number of piperidine rings is 1. The van der Waals surface area contributed by atoms with Crippen molar-refractivity contribution in [1.29, 1.82) is 0 Å². The average Bonchev–Trinajstić information content (AvgIpc) is 2.78. The molecule has 0 saturated carbocycles. The first-order valence-electron chi connectivity index (χ1n) is 10.9. The smallest absolute Gasteiger partial charge is 0.250 e. The van der Waals surface area contributed by atoms with Gasteiger partial charge in [0.05, 0.1) is 7.11 Å². The van der Waals surface area contributed by atoms with Crippen LogP contribution in [0, 0.1) is 5.92 Å². The Hall–Kier alpha value is -3.09. The van der Waals surface area contributed by atoms with Gasteiger partial charge in [-0.2, -0.15) is 0 Å². The number of carbonyl (C=O) groups is 2. The van der Waals surface area contributed by atoms with Gasteiger partial charge in [-0.3, -0.25) is 14.4 Å². The van der Waals surface area contributed by atoms with E-state index < -0.39 is 0 Å². The third kappa shape index (κ3) is 4.81. The SMILES string of the molecule is COc1ccccc1CCNC(=O)CCC(=O)N1C[C@@H]2C[C@@H](C1)c1cccc(=O)n1C2. The van der Waals surface area contributed by atoms with Gasteiger partial charge in [-0.1, -0.05) is 24.3 Å². The summed E-state index contributed by atoms with van der Waals surface area (Å²) < 4.78 is 7.18. The van der Waals surface area contributed by atoms with Gasteiger partial charge in [0.2, 0.25) is 11.8 Å². The van der Waals surface area contributed by atoms with E-state index in [9.17, 15) is 14.4 Å². The minimum atomic E-state index is -0.114. The molecule has 3 heterocycles. The van der Waals surface area contributed by atoms with Crippen LogP contribution in [0.1, 0.15) is 36.4 Å². The second kappa shape index (κ2) is 9.37. The van der Waals surface area contributed by atoms with Crippen LogP contribution < -0.4 is 15.6 Å². The number of amides is 2. The lowest BCUT2D eigenvalue weighted by molar-refractivity contribution is -0.136. The van der Waals surface area contributed by atoms with Gasteiger partial charge in [0.1, 0.15) is 5.75 Å². The first-order valence-corrected chi connectivity index (χ1v) is 10.9. The molecule has 0 spiro atoms. The number of likely N-dealkylation sites (tertiary alicyclic amines) is 1. The summed E-state index contributed by atoms with van der Waals surface area (Å²) in [6.07, 6.45) is 2.09. The molecule has 7 nitrogen and oxygen atoms in total. The second-order valence-corrected chi connectivity index (χ2v) is 8.41. The number of nitrogens with zero attached hydrogens (tertiary/aromatic N) is 2. The van der Waals surface area contributed by atoms with Gasteiger partial charge in [0.25, 0.3) is 5.56 Å². The van der Waals surface area contributed by atoms with Crippen molar-refractivity contribution in [3.8, 4) is 5.75 Å². The minimum Gasteiger partial charge on any atom is -0.496 e. The lowest BCUT2D eigenvalue weighted by Crippen LogP contribution is -2.49. The summed E-state index contributed by atoms with van der Waals surface area (Å²) >= 11 is 0. The van der Waals surface area contributed by atoms with E-state index >= 15 is 0 Å². The Kier molecular flexibility index (Phi) is 6.39. The number of pyridine rings is 1. The largest absolute Gasteiger partial charge is 0.496 e. The summed E-state index contributed by atoms with van der Waals surface area (Å²) in [5, 5.41) is 2.90. The number of carbonyl (C=O) groups excluding carboxylic acids is 2. The molecule has 1 saturated heterocycles. The molecule has 4 rings (SSSR count). The second-order valence-electron chi connectivity index (χ2n) is 8.41. The van der Waals surface area contributed by atoms with Crippen molar-refractivity contribution in [2.45, 2.75) is 38.1 Å². The number of hydrogen-bond acceptors (Lipinski definition) is 4. The fourth-order valence-electron chi connectivity index (χ4n) is 4.81. The lowest BCUT2D eigenvalue weighted by Gasteiger charge is -2.42. The van der Waals surface area contributed by atoms with Crippen LogP contribution in [0.25, 0.3) is 0 Å². The van der Waals surface area contributed by atoms with E-state index in [-0.39, 0.29) is 36.1 Å². The van der Waals surface area contributed by atoms with Crippen LogP contribution >= 0.6 is 0 Å². The lowest BCUT2D eigenvalue weighted by atomic mass is 9.83. The predicted octanol–water partition coefficient (Wildman–Crippen LogP) is 1.94. The van der Waals surface area contributed by atoms with E-state index in [4.69, 9.17) is 4.74 Å². The number of methoxy groups -OCH3 is 1. The van der Waals surface area contributed by atoms with Crippen molar-refractivity contribution in [3.63, 3.8) is 0 Å². The van der Waals surface area contributed by atoms with Gasteiger partial charge in [-0.15, -0.1) is 0 Å². The van der Waals surface area contributed by atoms with Crippen LogP contribution in [0.3, 0.4) is 0 Å². The molecule has 0 aliphatic carbocycles. The molecule has 1 fully saturated rings. The summed E-state index contributed by atoms with van der Waals surface area (Å²) in [6, 6.07) is 13.1. The highest BCUT2D eigenvalue weighted by atomic mass is 16.5. The van der Waals surface area contributed by atoms with E-state index in [1.807, 2.05) is 39.8 Å². The fourth-order valence-corrected chi connectivity index (χ4v) is 4.81. The Labute approximate surface area is 182 Å². The third-order valence-corrected chi connectivity index (χ3v) is 6.31. The van der Waals surface area contributed by atoms with Crippen molar-refractivity contribution < 1.29 is 14.3 Å². The van der Waals surface area contributed by atoms with Gasteiger partial charge in [0, 0.05) is 56.7 Å². The Morgan fingerprint density at radius 1 is 1.06 bits per heavy atom. The number of rotatable bonds is 7. The summed E-state index contributed by atoms with van der Waals surface area (Å²) in [5.74, 6) is 1.20. The molecular weight excluding hydrogens is 394 g/mol. The molecule has 0 radical (unpaired) electrons. The molecule has 2 aliphatic rings. The Morgan fingerprint density at radius 2 is 1.90 bits per heavy atom. The highest BCUT2D eigenvalue weighted by Gasteiger charge is 2.36. The van der Waals surface area contributed by atoms with Gasteiger partial charge in [-0.25, -0.2) is 0 Å². The maximum Gasteiger partial charge on any atom is 0.250 e. The Balaban J connectivity index is 1.25. The third-order valence-electron chi connectivity index (χ3n) is 6.31. The zero-order valence-electron chi connectivity index (χ0n) is 17.9. The Morgan fingerprint density at radius 3 is 2.74 bits per heavy atom. The first kappa shape index (κ1) is 21.2. The highest BCUT2D eigenvalue weighted by molar-refractivity contribution is 5.83. The summed E-state index contributed by atoms with van der Waals surface area (Å²) in [5.41, 5.74) is 2.10. The molecule has 2 amide bonds. The average molecular weight is 424 g/mol. The number of ether oxygens (including phenoxy) is 1. The van der Waals surface area contributed by atoms with E-state index in [1.54, 1.807) is 19.2 Å². The number of para-hydroxylation sites is 1. The molecule has 1 aromatic heterocycles. The van der Waals surface area contributed by atoms with E-state index in [2.05, 4.69) is 5.32 Å². The molecule has 0 unspecified atom stereocenters. The standard InChI is InChI=1S/C24H29N3O4/c1-31-21-7-3-2-5-18(21)11-12-25-22(28)9-10-23(29)26-14-17-13-19(16-26)20-6-4-8-24(30)27(20)15-17/h2-8,17,19H,9-16H2,1H3,(H,25,28)/t17-,19-/m0/s1. The van der Waals surface area contributed by atoms with Crippen molar-refractivity contribution in [3.05, 3.63) is 64.1 Å². The Bertz CT molecular complexity index is 1020. The van der Waals surface area contributed by atoms with Gasteiger partial charge in [-0.05, 0) is 36.5 Å². The van der Waals surface area contributed by atoms with Crippen LogP contribution in [0.15, 0.2) is 47.3 Å². The summed E-state index contributed by atoms with van der Waals surface area (Å²) in [6.45, 7) is 2.45. The molecule has 2 aliphatic heterocycles. The predicted molar refractivity (Wildman–Crippen MR) is 117 cm³/mol. The van der Waals surface area contributed by atoms with Crippen LogP contribution in [0.2, 0.25) is 0 Å². The molecule has 1 N–H and O–H groups in total. The van der Waals surface area contributed by atoms with Crippen LogP contribution in [0.4, 0.5) is 0 Å². The van der Waals surface area contributed by atoms with Crippen LogP contribution in [-0.2, 0) is 22.6 Å². The van der Waals surface area contributed by atoms with Crippen LogP contribution in [-0.4, -0.2) is 48.0 Å². The molecule has 164 valence electrons. The first-order chi connectivity index (χ1) is 15.0. The van der Waals surface area contributed by atoms with Crippen molar-refractivity contribution in [2.75, 3.05) is 26.7 Å². The van der Waals surface area contributed by atoms with E-state index in [0.717, 1.165) is 23.4 Å². The number of fused-ring (bicyclic) bond motifs is 4. The van der Waals surface area contributed by atoms with Crippen LogP contribution in [0.5, 0.6) is 5.75 Å². The van der Waals surface area contributed by atoms with E-state index in [1.165, 1.54) is 0 Å². The molecular formula is C24H29N3O4. The van der Waals surface area contributed by atoms with Gasteiger partial charge < -0.3 is 19.5 Å². The zero-order valence-corrected chi connectivity index (χ0v) is 17.9. The molecule has 2 aromatic rings. The summed E-state index contributed by atoms with van der Waals surface area (Å²) in [7, 11) is 1.63. The van der Waals surface area contributed by atoms with Gasteiger partial charge in [0.15, 0.2) is 0 Å². The normalized spacial score (nSPS) is 19.5. The molecule has 1 aromatic carbocycles. The monoisotopic (exact) mass is 423 g/mol. The van der Waals surface area contributed by atoms with Crippen molar-refractivity contribution >= 4 is 11.8 Å². The maximum atomic E-state index is 12.8. The number of hydrogen-bond donors (Lipinski definition) is 1. The number of nitrogens with one attached hydrogen (secondary N) is 1. The topological polar surface area (TPSA) is 80.6 Å². The van der Waals surface area contributed by atoms with Gasteiger partial charge >= 0.3 is 0 Å². The molecule has 7 heteroatoms. The van der Waals surface area contributed by atoms with Crippen molar-refractivity contribution in [2.24, 2.45) is 5.92 Å².